The number of hydrogen-bond donors (Lipinski definition) is 1. The fraction of sp³-hybridized carbons (Fsp3) is 0.167. The summed E-state index contributed by atoms with van der Waals surface area (Å²) in [5, 5.41) is 15.0. The van der Waals surface area contributed by atoms with Gasteiger partial charge in [0.05, 0.1) is 17.9 Å². The van der Waals surface area contributed by atoms with Crippen LogP contribution in [0.2, 0.25) is 0 Å². The van der Waals surface area contributed by atoms with Gasteiger partial charge in [-0.1, -0.05) is 41.5 Å². The third-order valence-electron chi connectivity index (χ3n) is 4.07. The second-order valence-corrected chi connectivity index (χ2v) is 5.64. The lowest BCUT2D eigenvalue weighted by molar-refractivity contribution is -0.138. The Bertz CT molecular complexity index is 952. The van der Waals surface area contributed by atoms with Crippen LogP contribution < -0.4 is 5.32 Å². The highest BCUT2D eigenvalue weighted by Gasteiger charge is 2.36. The number of nitrogens with one attached hydrogen (secondary N) is 1. The molecule has 0 saturated heterocycles. The van der Waals surface area contributed by atoms with Crippen molar-refractivity contribution in [3.05, 3.63) is 71.6 Å². The monoisotopic (exact) mass is 348 g/mol. The van der Waals surface area contributed by atoms with E-state index in [9.17, 15) is 4.79 Å². The van der Waals surface area contributed by atoms with Gasteiger partial charge in [-0.25, -0.2) is 4.79 Å². The average Bonchev–Trinajstić information content (AvgIpc) is 3.16. The van der Waals surface area contributed by atoms with Gasteiger partial charge in [0.2, 0.25) is 5.95 Å². The number of benzene rings is 1. The van der Waals surface area contributed by atoms with Crippen molar-refractivity contribution in [2.75, 3.05) is 11.9 Å². The molecule has 0 aliphatic carbocycles. The molecule has 0 bridgehead atoms. The summed E-state index contributed by atoms with van der Waals surface area (Å²) in [6, 6.07) is 12.7. The first-order valence-corrected chi connectivity index (χ1v) is 8.21. The van der Waals surface area contributed by atoms with Crippen molar-refractivity contribution in [1.82, 2.24) is 25.2 Å². The molecular weight excluding hydrogens is 332 g/mol. The van der Waals surface area contributed by atoms with Crippen molar-refractivity contribution in [2.24, 2.45) is 0 Å². The zero-order chi connectivity index (χ0) is 17.9. The van der Waals surface area contributed by atoms with Crippen LogP contribution in [-0.4, -0.2) is 37.8 Å². The molecule has 3 heterocycles. The van der Waals surface area contributed by atoms with Gasteiger partial charge >= 0.3 is 5.97 Å². The van der Waals surface area contributed by atoms with Gasteiger partial charge in [-0.15, -0.1) is 0 Å². The standard InChI is InChI=1S/C18H16N6O2/c1-2-26-17(25)14-15(12-7-4-3-5-8-12)20-18-21-22-23-24(18)16(14)13-9-6-10-19-11-13/h3-11,16H,2H2,1H3,(H,20,21,23). The van der Waals surface area contributed by atoms with E-state index in [1.807, 2.05) is 42.5 Å². The van der Waals surface area contributed by atoms with Crippen LogP contribution in [-0.2, 0) is 9.53 Å². The zero-order valence-electron chi connectivity index (χ0n) is 14.0. The van der Waals surface area contributed by atoms with E-state index in [4.69, 9.17) is 4.74 Å². The minimum Gasteiger partial charge on any atom is -0.463 e. The Morgan fingerprint density at radius 3 is 2.81 bits per heavy atom. The minimum atomic E-state index is -0.538. The van der Waals surface area contributed by atoms with Crippen LogP contribution in [0.5, 0.6) is 0 Å². The Balaban J connectivity index is 1.96. The topological polar surface area (TPSA) is 94.8 Å². The maximum atomic E-state index is 12.9. The van der Waals surface area contributed by atoms with Crippen LogP contribution >= 0.6 is 0 Å². The van der Waals surface area contributed by atoms with E-state index in [-0.39, 0.29) is 6.61 Å². The Hall–Kier alpha value is -3.55. The van der Waals surface area contributed by atoms with Crippen molar-refractivity contribution in [3.63, 3.8) is 0 Å². The molecule has 1 aromatic carbocycles. The number of hydrogen-bond acceptors (Lipinski definition) is 7. The van der Waals surface area contributed by atoms with E-state index in [2.05, 4.69) is 25.8 Å². The predicted molar refractivity (Wildman–Crippen MR) is 93.8 cm³/mol. The molecule has 1 N–H and O–H groups in total. The lowest BCUT2D eigenvalue weighted by Crippen LogP contribution is -2.30. The van der Waals surface area contributed by atoms with Crippen molar-refractivity contribution in [2.45, 2.75) is 13.0 Å². The molecule has 0 spiro atoms. The zero-order valence-corrected chi connectivity index (χ0v) is 14.0. The molecule has 0 saturated carbocycles. The molecule has 1 atom stereocenters. The van der Waals surface area contributed by atoms with E-state index in [1.54, 1.807) is 24.0 Å². The third kappa shape index (κ3) is 2.71. The maximum Gasteiger partial charge on any atom is 0.338 e. The first-order valence-electron chi connectivity index (χ1n) is 8.21. The second kappa shape index (κ2) is 6.75. The number of tetrazole rings is 1. The maximum absolute atomic E-state index is 12.9. The van der Waals surface area contributed by atoms with Gasteiger partial charge in [0.15, 0.2) is 0 Å². The molecule has 0 radical (unpaired) electrons. The lowest BCUT2D eigenvalue weighted by atomic mass is 9.94. The van der Waals surface area contributed by atoms with Crippen LogP contribution in [0.1, 0.15) is 24.1 Å². The summed E-state index contributed by atoms with van der Waals surface area (Å²) in [5.74, 6) is 0.0274. The predicted octanol–water partition coefficient (Wildman–Crippen LogP) is 2.06. The third-order valence-corrected chi connectivity index (χ3v) is 4.07. The van der Waals surface area contributed by atoms with E-state index in [0.717, 1.165) is 11.1 Å². The normalized spacial score (nSPS) is 16.0. The number of nitrogens with zero attached hydrogens (tertiary/aromatic N) is 5. The Labute approximate surface area is 149 Å². The number of rotatable bonds is 4. The van der Waals surface area contributed by atoms with Gasteiger partial charge in [0, 0.05) is 12.4 Å². The molecule has 3 aromatic rings. The summed E-state index contributed by atoms with van der Waals surface area (Å²) >= 11 is 0. The molecule has 1 aliphatic rings. The fourth-order valence-corrected chi connectivity index (χ4v) is 2.99. The van der Waals surface area contributed by atoms with E-state index >= 15 is 0 Å². The summed E-state index contributed by atoms with van der Waals surface area (Å²) in [5.41, 5.74) is 2.70. The van der Waals surface area contributed by atoms with Gasteiger partial charge < -0.3 is 10.1 Å². The smallest absolute Gasteiger partial charge is 0.338 e. The van der Waals surface area contributed by atoms with Crippen LogP contribution in [0.3, 0.4) is 0 Å². The van der Waals surface area contributed by atoms with Crippen molar-refractivity contribution in [1.29, 1.82) is 0 Å². The summed E-state index contributed by atoms with van der Waals surface area (Å²) in [6.45, 7) is 2.05. The highest BCUT2D eigenvalue weighted by Crippen LogP contribution is 2.38. The number of anilines is 1. The van der Waals surface area contributed by atoms with Crippen LogP contribution in [0.4, 0.5) is 5.95 Å². The van der Waals surface area contributed by atoms with E-state index in [1.165, 1.54) is 0 Å². The first kappa shape index (κ1) is 15.9. The van der Waals surface area contributed by atoms with Gasteiger partial charge in [-0.2, -0.15) is 4.68 Å². The summed E-state index contributed by atoms with van der Waals surface area (Å²) in [4.78, 5) is 17.1. The highest BCUT2D eigenvalue weighted by atomic mass is 16.5. The highest BCUT2D eigenvalue weighted by molar-refractivity contribution is 6.02. The molecule has 8 nitrogen and oxygen atoms in total. The minimum absolute atomic E-state index is 0.270. The van der Waals surface area contributed by atoms with Gasteiger partial charge in [0.25, 0.3) is 0 Å². The fourth-order valence-electron chi connectivity index (χ4n) is 2.99. The van der Waals surface area contributed by atoms with E-state index < -0.39 is 12.0 Å². The number of carbonyl (C=O) groups is 1. The largest absolute Gasteiger partial charge is 0.463 e. The molecule has 2 aromatic heterocycles. The van der Waals surface area contributed by atoms with Crippen molar-refractivity contribution < 1.29 is 9.53 Å². The Morgan fingerprint density at radius 1 is 1.23 bits per heavy atom. The molecule has 8 heteroatoms. The van der Waals surface area contributed by atoms with Crippen molar-refractivity contribution >= 4 is 17.6 Å². The number of esters is 1. The molecule has 1 aliphatic heterocycles. The van der Waals surface area contributed by atoms with Crippen molar-refractivity contribution in [3.8, 4) is 0 Å². The Morgan fingerprint density at radius 2 is 2.08 bits per heavy atom. The second-order valence-electron chi connectivity index (χ2n) is 5.64. The summed E-state index contributed by atoms with van der Waals surface area (Å²) < 4.78 is 6.90. The lowest BCUT2D eigenvalue weighted by Gasteiger charge is -2.28. The van der Waals surface area contributed by atoms with E-state index in [0.29, 0.717) is 17.2 Å². The molecule has 26 heavy (non-hydrogen) atoms. The molecular formula is C18H16N6O2. The summed E-state index contributed by atoms with van der Waals surface area (Å²) in [7, 11) is 0. The van der Waals surface area contributed by atoms with Crippen LogP contribution in [0.15, 0.2) is 60.4 Å². The molecule has 1 unspecified atom stereocenters. The molecule has 0 amide bonds. The molecule has 0 fully saturated rings. The van der Waals surface area contributed by atoms with Gasteiger partial charge in [-0.05, 0) is 34.5 Å². The quantitative estimate of drug-likeness (QED) is 0.721. The molecule has 130 valence electrons. The number of ether oxygens (including phenoxy) is 1. The number of aromatic nitrogens is 5. The van der Waals surface area contributed by atoms with Gasteiger partial charge in [-0.3, -0.25) is 4.98 Å². The number of pyridine rings is 1. The Kier molecular flexibility index (Phi) is 4.14. The van der Waals surface area contributed by atoms with Crippen LogP contribution in [0.25, 0.3) is 5.70 Å². The van der Waals surface area contributed by atoms with Gasteiger partial charge in [0.1, 0.15) is 6.04 Å². The number of carbonyl (C=O) groups excluding carboxylic acids is 1. The average molecular weight is 348 g/mol. The molecule has 4 rings (SSSR count). The first-order chi connectivity index (χ1) is 12.8. The SMILES string of the molecule is CCOC(=O)C1=C(c2ccccc2)Nc2nnnn2C1c1cccnc1. The number of fused-ring (bicyclic) bond motifs is 1. The van der Waals surface area contributed by atoms with Crippen LogP contribution in [0, 0.1) is 0 Å². The summed E-state index contributed by atoms with van der Waals surface area (Å²) in [6.07, 6.45) is 3.38.